The van der Waals surface area contributed by atoms with Crippen molar-refractivity contribution in [2.75, 3.05) is 26.2 Å². The van der Waals surface area contributed by atoms with Gasteiger partial charge in [0.25, 0.3) is 5.91 Å². The number of carbonyl (C=O) groups is 2. The first kappa shape index (κ1) is 24.3. The number of likely N-dealkylation sites (N-methyl/N-ethyl adjacent to an activating group) is 1. The average Bonchev–Trinajstić information content (AvgIpc) is 3.24. The van der Waals surface area contributed by atoms with E-state index in [2.05, 4.69) is 5.32 Å². The van der Waals surface area contributed by atoms with Crippen molar-refractivity contribution < 1.29 is 18.0 Å². The van der Waals surface area contributed by atoms with Crippen LogP contribution >= 0.6 is 22.9 Å². The van der Waals surface area contributed by atoms with Gasteiger partial charge in [0, 0.05) is 30.1 Å². The van der Waals surface area contributed by atoms with E-state index in [1.165, 1.54) is 38.7 Å². The van der Waals surface area contributed by atoms with Gasteiger partial charge < -0.3 is 10.2 Å². The molecular weight excluding hydrogens is 446 g/mol. The van der Waals surface area contributed by atoms with E-state index in [-0.39, 0.29) is 27.9 Å². The summed E-state index contributed by atoms with van der Waals surface area (Å²) >= 11 is 7.67. The van der Waals surface area contributed by atoms with Crippen molar-refractivity contribution in [2.24, 2.45) is 0 Å². The normalized spacial score (nSPS) is 11.5. The van der Waals surface area contributed by atoms with Crippen LogP contribution in [0.15, 0.2) is 40.6 Å². The molecule has 2 rings (SSSR count). The van der Waals surface area contributed by atoms with Crippen LogP contribution in [0.5, 0.6) is 0 Å². The molecule has 30 heavy (non-hydrogen) atoms. The zero-order valence-electron chi connectivity index (χ0n) is 17.2. The third kappa shape index (κ3) is 5.81. The van der Waals surface area contributed by atoms with Crippen molar-refractivity contribution in [1.82, 2.24) is 14.5 Å². The van der Waals surface area contributed by atoms with Gasteiger partial charge in [-0.3, -0.25) is 9.59 Å². The third-order valence-electron chi connectivity index (χ3n) is 4.54. The number of halogens is 1. The van der Waals surface area contributed by atoms with E-state index in [0.29, 0.717) is 26.2 Å². The first-order chi connectivity index (χ1) is 14.2. The summed E-state index contributed by atoms with van der Waals surface area (Å²) in [6.07, 6.45) is 0. The summed E-state index contributed by atoms with van der Waals surface area (Å²) in [6.45, 7) is 6.38. The summed E-state index contributed by atoms with van der Waals surface area (Å²) in [7, 11) is -3.82. The zero-order chi connectivity index (χ0) is 22.3. The molecule has 0 aliphatic heterocycles. The molecule has 0 spiro atoms. The van der Waals surface area contributed by atoms with Crippen molar-refractivity contribution in [3.63, 3.8) is 0 Å². The lowest BCUT2D eigenvalue weighted by Crippen LogP contribution is -2.40. The fourth-order valence-corrected chi connectivity index (χ4v) is 5.48. The number of amides is 2. The van der Waals surface area contributed by atoms with Crippen LogP contribution in [0.1, 0.15) is 36.0 Å². The molecule has 1 N–H and O–H groups in total. The zero-order valence-corrected chi connectivity index (χ0v) is 19.6. The van der Waals surface area contributed by atoms with Gasteiger partial charge >= 0.3 is 0 Å². The van der Waals surface area contributed by atoms with Crippen molar-refractivity contribution in [3.05, 3.63) is 51.2 Å². The first-order valence-corrected chi connectivity index (χ1v) is 12.3. The van der Waals surface area contributed by atoms with Gasteiger partial charge in [-0.2, -0.15) is 4.31 Å². The van der Waals surface area contributed by atoms with Gasteiger partial charge in [0.05, 0.1) is 18.1 Å². The monoisotopic (exact) mass is 471 g/mol. The maximum absolute atomic E-state index is 12.9. The number of hydrogen-bond acceptors (Lipinski definition) is 5. The Kier molecular flexibility index (Phi) is 8.84. The standard InChI is InChI=1S/C20H26ClN3O4S2/c1-4-23(14-19(25)22-13-16-8-7-11-29-16)20(26)15-9-10-17(21)18(12-15)30(27,28)24(5-2)6-3/h7-12H,4-6,13-14H2,1-3H3,(H,22,25). The van der Waals surface area contributed by atoms with Gasteiger partial charge in [-0.1, -0.05) is 31.5 Å². The molecule has 0 saturated heterocycles. The molecule has 1 heterocycles. The molecule has 0 fully saturated rings. The van der Waals surface area contributed by atoms with Crippen LogP contribution < -0.4 is 5.32 Å². The lowest BCUT2D eigenvalue weighted by molar-refractivity contribution is -0.121. The summed E-state index contributed by atoms with van der Waals surface area (Å²) in [5.74, 6) is -0.722. The Hall–Kier alpha value is -1.94. The van der Waals surface area contributed by atoms with E-state index in [1.807, 2.05) is 17.5 Å². The van der Waals surface area contributed by atoms with Crippen molar-refractivity contribution in [3.8, 4) is 0 Å². The molecule has 0 radical (unpaired) electrons. The third-order valence-corrected chi connectivity index (χ3v) is 7.95. The average molecular weight is 472 g/mol. The van der Waals surface area contributed by atoms with Crippen molar-refractivity contribution in [2.45, 2.75) is 32.2 Å². The largest absolute Gasteiger partial charge is 0.350 e. The smallest absolute Gasteiger partial charge is 0.254 e. The van der Waals surface area contributed by atoms with E-state index in [4.69, 9.17) is 11.6 Å². The molecule has 0 bridgehead atoms. The van der Waals surface area contributed by atoms with Crippen molar-refractivity contribution in [1.29, 1.82) is 0 Å². The minimum Gasteiger partial charge on any atom is -0.350 e. The van der Waals surface area contributed by atoms with Crippen LogP contribution in [0.25, 0.3) is 0 Å². The minimum absolute atomic E-state index is 0.0511. The van der Waals surface area contributed by atoms with E-state index in [1.54, 1.807) is 20.8 Å². The van der Waals surface area contributed by atoms with Gasteiger partial charge in [-0.15, -0.1) is 11.3 Å². The highest BCUT2D eigenvalue weighted by molar-refractivity contribution is 7.89. The first-order valence-electron chi connectivity index (χ1n) is 9.62. The quantitative estimate of drug-likeness (QED) is 0.576. The molecule has 0 aliphatic carbocycles. The maximum atomic E-state index is 12.9. The predicted molar refractivity (Wildman–Crippen MR) is 119 cm³/mol. The Labute approximate surface area is 186 Å². The second-order valence-electron chi connectivity index (χ2n) is 6.41. The molecule has 2 aromatic rings. The highest BCUT2D eigenvalue weighted by atomic mass is 35.5. The number of sulfonamides is 1. The minimum atomic E-state index is -3.82. The van der Waals surface area contributed by atoms with E-state index >= 15 is 0 Å². The van der Waals surface area contributed by atoms with Crippen molar-refractivity contribution >= 4 is 44.8 Å². The lowest BCUT2D eigenvalue weighted by Gasteiger charge is -2.22. The van der Waals surface area contributed by atoms with Gasteiger partial charge in [0.1, 0.15) is 4.90 Å². The topological polar surface area (TPSA) is 86.8 Å². The molecule has 0 saturated carbocycles. The fraction of sp³-hybridized carbons (Fsp3) is 0.400. The predicted octanol–water partition coefficient (Wildman–Crippen LogP) is 3.21. The molecule has 0 aliphatic rings. The lowest BCUT2D eigenvalue weighted by atomic mass is 10.2. The summed E-state index contributed by atoms with van der Waals surface area (Å²) in [4.78, 5) is 27.5. The molecule has 0 atom stereocenters. The van der Waals surface area contributed by atoms with Crippen LogP contribution in [-0.2, 0) is 21.4 Å². The number of thiophene rings is 1. The molecular formula is C20H26ClN3O4S2. The summed E-state index contributed by atoms with van der Waals surface area (Å²) in [5, 5.41) is 4.76. The Morgan fingerprint density at radius 2 is 1.80 bits per heavy atom. The molecule has 1 aromatic heterocycles. The van der Waals surface area contributed by atoms with E-state index in [0.717, 1.165) is 4.88 Å². The number of nitrogens with one attached hydrogen (secondary N) is 1. The van der Waals surface area contributed by atoms with Gasteiger partial charge in [0.2, 0.25) is 15.9 Å². The molecule has 0 unspecified atom stereocenters. The Morgan fingerprint density at radius 1 is 1.10 bits per heavy atom. The fourth-order valence-electron chi connectivity index (χ4n) is 2.87. The number of nitrogens with zero attached hydrogens (tertiary/aromatic N) is 2. The highest BCUT2D eigenvalue weighted by Crippen LogP contribution is 2.26. The number of benzene rings is 1. The summed E-state index contributed by atoms with van der Waals surface area (Å²) in [5.41, 5.74) is 0.165. The van der Waals surface area contributed by atoms with E-state index in [9.17, 15) is 18.0 Å². The number of carbonyl (C=O) groups excluding carboxylic acids is 2. The Bertz CT molecular complexity index is 974. The van der Waals surface area contributed by atoms with E-state index < -0.39 is 15.9 Å². The number of hydrogen-bond donors (Lipinski definition) is 1. The SMILES string of the molecule is CCN(CC(=O)NCc1cccs1)C(=O)c1ccc(Cl)c(S(=O)(=O)N(CC)CC)c1. The summed E-state index contributed by atoms with van der Waals surface area (Å²) < 4.78 is 27.0. The van der Waals surface area contributed by atoms with Crippen LogP contribution in [0.2, 0.25) is 5.02 Å². The molecule has 2 amide bonds. The molecule has 10 heteroatoms. The second kappa shape index (κ2) is 10.9. The molecule has 164 valence electrons. The Morgan fingerprint density at radius 3 is 2.37 bits per heavy atom. The van der Waals surface area contributed by atoms with Crippen LogP contribution in [-0.4, -0.2) is 55.6 Å². The molecule has 1 aromatic carbocycles. The number of rotatable bonds is 10. The molecule has 7 nitrogen and oxygen atoms in total. The summed E-state index contributed by atoms with van der Waals surface area (Å²) in [6, 6.07) is 7.97. The van der Waals surface area contributed by atoms with Gasteiger partial charge in [-0.25, -0.2) is 8.42 Å². The Balaban J connectivity index is 2.18. The highest BCUT2D eigenvalue weighted by Gasteiger charge is 2.26. The van der Waals surface area contributed by atoms with Gasteiger partial charge in [-0.05, 0) is 36.6 Å². The van der Waals surface area contributed by atoms with Crippen LogP contribution in [0, 0.1) is 0 Å². The second-order valence-corrected chi connectivity index (χ2v) is 9.76. The van der Waals surface area contributed by atoms with Gasteiger partial charge in [0.15, 0.2) is 0 Å². The maximum Gasteiger partial charge on any atom is 0.254 e. The van der Waals surface area contributed by atoms with Crippen LogP contribution in [0.4, 0.5) is 0 Å². The van der Waals surface area contributed by atoms with Crippen LogP contribution in [0.3, 0.4) is 0 Å².